The fraction of sp³-hybridized carbons (Fsp3) is 0.455. The van der Waals surface area contributed by atoms with Gasteiger partial charge in [-0.2, -0.15) is 0 Å². The standard InChI is InChI=1S/C11H16N2O4/c14-8-7-12-6-3-9-17-11-5-2-1-4-10(11)13(15)16/h1-2,4-5,12,14H,3,6-9H2. The molecule has 0 heterocycles. The molecule has 0 atom stereocenters. The van der Waals surface area contributed by atoms with E-state index in [2.05, 4.69) is 5.32 Å². The lowest BCUT2D eigenvalue weighted by Crippen LogP contribution is -2.20. The van der Waals surface area contributed by atoms with Gasteiger partial charge in [-0.05, 0) is 19.0 Å². The maximum absolute atomic E-state index is 10.7. The second-order valence-electron chi connectivity index (χ2n) is 3.40. The van der Waals surface area contributed by atoms with Crippen molar-refractivity contribution in [2.24, 2.45) is 0 Å². The minimum Gasteiger partial charge on any atom is -0.487 e. The van der Waals surface area contributed by atoms with Gasteiger partial charge in [0.25, 0.3) is 0 Å². The number of nitrogens with zero attached hydrogens (tertiary/aromatic N) is 1. The second-order valence-corrected chi connectivity index (χ2v) is 3.40. The fourth-order valence-corrected chi connectivity index (χ4v) is 1.31. The SMILES string of the molecule is O=[N+]([O-])c1ccccc1OCCCNCCO. The van der Waals surface area contributed by atoms with Gasteiger partial charge in [0.05, 0.1) is 18.1 Å². The zero-order valence-electron chi connectivity index (χ0n) is 9.46. The van der Waals surface area contributed by atoms with Gasteiger partial charge in [-0.1, -0.05) is 12.1 Å². The second kappa shape index (κ2) is 7.59. The summed E-state index contributed by atoms with van der Waals surface area (Å²) in [7, 11) is 0. The molecular weight excluding hydrogens is 224 g/mol. The number of nitrogens with one attached hydrogen (secondary N) is 1. The summed E-state index contributed by atoms with van der Waals surface area (Å²) >= 11 is 0. The number of benzene rings is 1. The van der Waals surface area contributed by atoms with Gasteiger partial charge in [0.2, 0.25) is 0 Å². The van der Waals surface area contributed by atoms with Crippen molar-refractivity contribution in [3.63, 3.8) is 0 Å². The molecule has 1 aromatic carbocycles. The van der Waals surface area contributed by atoms with E-state index < -0.39 is 4.92 Å². The first-order chi connectivity index (χ1) is 8.25. The number of rotatable bonds is 8. The molecule has 0 bridgehead atoms. The van der Waals surface area contributed by atoms with Gasteiger partial charge in [0.1, 0.15) is 0 Å². The molecule has 0 unspecified atom stereocenters. The van der Waals surface area contributed by atoms with Crippen LogP contribution in [0.5, 0.6) is 5.75 Å². The van der Waals surface area contributed by atoms with E-state index in [1.165, 1.54) is 6.07 Å². The van der Waals surface area contributed by atoms with Crippen LogP contribution in [-0.2, 0) is 0 Å². The van der Waals surface area contributed by atoms with Gasteiger partial charge < -0.3 is 15.2 Å². The van der Waals surface area contributed by atoms with E-state index in [9.17, 15) is 10.1 Å². The van der Waals surface area contributed by atoms with E-state index in [-0.39, 0.29) is 12.3 Å². The van der Waals surface area contributed by atoms with Crippen LogP contribution in [0.1, 0.15) is 6.42 Å². The predicted molar refractivity (Wildman–Crippen MR) is 63.2 cm³/mol. The van der Waals surface area contributed by atoms with Crippen molar-refractivity contribution in [1.82, 2.24) is 5.32 Å². The van der Waals surface area contributed by atoms with E-state index in [4.69, 9.17) is 9.84 Å². The lowest BCUT2D eigenvalue weighted by molar-refractivity contribution is -0.385. The van der Waals surface area contributed by atoms with Gasteiger partial charge in [-0.25, -0.2) is 0 Å². The minimum atomic E-state index is -0.459. The van der Waals surface area contributed by atoms with E-state index >= 15 is 0 Å². The van der Waals surface area contributed by atoms with Crippen molar-refractivity contribution < 1.29 is 14.8 Å². The van der Waals surface area contributed by atoms with E-state index in [0.29, 0.717) is 25.4 Å². The molecule has 6 heteroatoms. The zero-order chi connectivity index (χ0) is 12.5. The van der Waals surface area contributed by atoms with Crippen LogP contribution in [0.2, 0.25) is 0 Å². The molecule has 0 amide bonds. The van der Waals surface area contributed by atoms with Crippen LogP contribution in [0.3, 0.4) is 0 Å². The Morgan fingerprint density at radius 2 is 2.12 bits per heavy atom. The molecule has 1 aromatic rings. The molecule has 0 aromatic heterocycles. The number of hydrogen-bond donors (Lipinski definition) is 2. The highest BCUT2D eigenvalue weighted by Gasteiger charge is 2.12. The molecule has 17 heavy (non-hydrogen) atoms. The highest BCUT2D eigenvalue weighted by Crippen LogP contribution is 2.25. The number of para-hydroxylation sites is 2. The molecule has 94 valence electrons. The molecule has 0 aliphatic heterocycles. The Hall–Kier alpha value is -1.66. The molecule has 1 rings (SSSR count). The minimum absolute atomic E-state index is 0.0178. The maximum atomic E-state index is 10.7. The number of hydrogen-bond acceptors (Lipinski definition) is 5. The molecule has 0 saturated carbocycles. The lowest BCUT2D eigenvalue weighted by Gasteiger charge is -2.06. The first-order valence-electron chi connectivity index (χ1n) is 5.43. The summed E-state index contributed by atoms with van der Waals surface area (Å²) in [4.78, 5) is 10.2. The lowest BCUT2D eigenvalue weighted by atomic mass is 10.3. The summed E-state index contributed by atoms with van der Waals surface area (Å²) in [5.74, 6) is 0.291. The third-order valence-corrected chi connectivity index (χ3v) is 2.11. The first-order valence-corrected chi connectivity index (χ1v) is 5.43. The number of aliphatic hydroxyl groups is 1. The van der Waals surface area contributed by atoms with Gasteiger partial charge in [-0.3, -0.25) is 10.1 Å². The molecular formula is C11H16N2O4. The van der Waals surface area contributed by atoms with Crippen LogP contribution in [0.15, 0.2) is 24.3 Å². The fourth-order valence-electron chi connectivity index (χ4n) is 1.31. The Labute approximate surface area is 99.4 Å². The highest BCUT2D eigenvalue weighted by molar-refractivity contribution is 5.45. The summed E-state index contributed by atoms with van der Waals surface area (Å²) in [6.07, 6.45) is 0.728. The Kier molecular flexibility index (Phi) is 5.98. The number of aliphatic hydroxyl groups excluding tert-OH is 1. The average Bonchev–Trinajstić information content (AvgIpc) is 2.34. The van der Waals surface area contributed by atoms with E-state index in [1.54, 1.807) is 18.2 Å². The molecule has 6 nitrogen and oxygen atoms in total. The monoisotopic (exact) mass is 240 g/mol. The van der Waals surface area contributed by atoms with Gasteiger partial charge in [0, 0.05) is 12.6 Å². The third kappa shape index (κ3) is 4.80. The van der Waals surface area contributed by atoms with Crippen LogP contribution in [-0.4, -0.2) is 36.3 Å². The quantitative estimate of drug-likeness (QED) is 0.401. The average molecular weight is 240 g/mol. The van der Waals surface area contributed by atoms with Crippen LogP contribution >= 0.6 is 0 Å². The van der Waals surface area contributed by atoms with E-state index in [0.717, 1.165) is 6.42 Å². The largest absolute Gasteiger partial charge is 0.487 e. The van der Waals surface area contributed by atoms with Crippen LogP contribution in [0.25, 0.3) is 0 Å². The van der Waals surface area contributed by atoms with Crippen molar-refractivity contribution >= 4 is 5.69 Å². The molecule has 0 aliphatic carbocycles. The summed E-state index contributed by atoms with van der Waals surface area (Å²) in [5.41, 5.74) is -0.0178. The van der Waals surface area contributed by atoms with Gasteiger partial charge in [0.15, 0.2) is 5.75 Å². The van der Waals surface area contributed by atoms with E-state index in [1.807, 2.05) is 0 Å². The summed E-state index contributed by atoms with van der Waals surface area (Å²) in [6, 6.07) is 6.30. The Morgan fingerprint density at radius 1 is 1.35 bits per heavy atom. The molecule has 0 aliphatic rings. The molecule has 0 spiro atoms. The smallest absolute Gasteiger partial charge is 0.310 e. The zero-order valence-corrected chi connectivity index (χ0v) is 9.46. The van der Waals surface area contributed by atoms with Crippen LogP contribution in [0.4, 0.5) is 5.69 Å². The molecule has 0 radical (unpaired) electrons. The van der Waals surface area contributed by atoms with Crippen molar-refractivity contribution in [3.05, 3.63) is 34.4 Å². The maximum Gasteiger partial charge on any atom is 0.310 e. The predicted octanol–water partition coefficient (Wildman–Crippen LogP) is 0.946. The molecule has 2 N–H and O–H groups in total. The number of nitro groups is 1. The Balaban J connectivity index is 2.34. The van der Waals surface area contributed by atoms with Gasteiger partial charge >= 0.3 is 5.69 Å². The topological polar surface area (TPSA) is 84.6 Å². The Bertz CT molecular complexity index is 357. The summed E-state index contributed by atoms with van der Waals surface area (Å²) in [6.45, 7) is 1.76. The normalized spacial score (nSPS) is 10.2. The van der Waals surface area contributed by atoms with Crippen LogP contribution < -0.4 is 10.1 Å². The highest BCUT2D eigenvalue weighted by atomic mass is 16.6. The summed E-state index contributed by atoms with van der Waals surface area (Å²) < 4.78 is 5.33. The Morgan fingerprint density at radius 3 is 2.82 bits per heavy atom. The van der Waals surface area contributed by atoms with Crippen molar-refractivity contribution in [2.75, 3.05) is 26.3 Å². The third-order valence-electron chi connectivity index (χ3n) is 2.11. The molecule has 0 saturated heterocycles. The first kappa shape index (κ1) is 13.4. The number of ether oxygens (including phenoxy) is 1. The van der Waals surface area contributed by atoms with Crippen molar-refractivity contribution in [2.45, 2.75) is 6.42 Å². The van der Waals surface area contributed by atoms with Crippen LogP contribution in [0, 0.1) is 10.1 Å². The summed E-state index contributed by atoms with van der Waals surface area (Å²) in [5, 5.41) is 22.2. The van der Waals surface area contributed by atoms with Crippen molar-refractivity contribution in [1.29, 1.82) is 0 Å². The van der Waals surface area contributed by atoms with Gasteiger partial charge in [-0.15, -0.1) is 0 Å². The van der Waals surface area contributed by atoms with Crippen molar-refractivity contribution in [3.8, 4) is 5.75 Å². The molecule has 0 fully saturated rings. The number of nitro benzene ring substituents is 1.